The molecule has 0 saturated carbocycles. The minimum absolute atomic E-state index is 0.000278. The SMILES string of the molecule is O=C1C=CC([N+](=O)[O-])([N+](=O)[O-])C2=C1Cc1ccc([N+](=O)[O-])cc12. The van der Waals surface area contributed by atoms with E-state index in [0.29, 0.717) is 11.6 Å². The van der Waals surface area contributed by atoms with E-state index < -0.39 is 31.8 Å². The number of nitrogens with zero attached hydrogens (tertiary/aromatic N) is 3. The molecule has 0 atom stereocenters. The molecular weight excluding hydrogens is 310 g/mol. The zero-order chi connectivity index (χ0) is 16.9. The van der Waals surface area contributed by atoms with Crippen molar-refractivity contribution >= 4 is 17.0 Å². The van der Waals surface area contributed by atoms with Crippen LogP contribution >= 0.6 is 0 Å². The van der Waals surface area contributed by atoms with Gasteiger partial charge < -0.3 is 0 Å². The molecule has 0 bridgehead atoms. The number of nitro groups is 3. The van der Waals surface area contributed by atoms with Gasteiger partial charge in [0.05, 0.1) is 11.0 Å². The number of fused-ring (bicyclic) bond motifs is 2. The fraction of sp³-hybridized carbons (Fsp3) is 0.154. The summed E-state index contributed by atoms with van der Waals surface area (Å²) in [4.78, 5) is 42.8. The smallest absolute Gasteiger partial charge is 0.290 e. The van der Waals surface area contributed by atoms with Crippen LogP contribution in [-0.2, 0) is 11.2 Å². The summed E-state index contributed by atoms with van der Waals surface area (Å²) < 4.78 is 0. The van der Waals surface area contributed by atoms with Crippen LogP contribution in [0, 0.1) is 30.3 Å². The van der Waals surface area contributed by atoms with Crippen LogP contribution < -0.4 is 0 Å². The van der Waals surface area contributed by atoms with Gasteiger partial charge in [0.1, 0.15) is 15.4 Å². The van der Waals surface area contributed by atoms with Crippen LogP contribution in [0.1, 0.15) is 11.1 Å². The lowest BCUT2D eigenvalue weighted by molar-refractivity contribution is -0.760. The zero-order valence-corrected chi connectivity index (χ0v) is 11.3. The van der Waals surface area contributed by atoms with Crippen molar-refractivity contribution in [1.82, 2.24) is 0 Å². The number of carbonyl (C=O) groups is 1. The molecular formula is C13H7N3O7. The maximum absolute atomic E-state index is 12.0. The maximum atomic E-state index is 12.0. The zero-order valence-electron chi connectivity index (χ0n) is 11.3. The van der Waals surface area contributed by atoms with Gasteiger partial charge in [-0.05, 0) is 11.6 Å². The van der Waals surface area contributed by atoms with E-state index in [4.69, 9.17) is 0 Å². The first-order valence-electron chi connectivity index (χ1n) is 6.33. The minimum Gasteiger partial charge on any atom is -0.290 e. The summed E-state index contributed by atoms with van der Waals surface area (Å²) in [6.45, 7) is 0. The Hall–Kier alpha value is -3.43. The van der Waals surface area contributed by atoms with Gasteiger partial charge in [-0.15, -0.1) is 0 Å². The quantitative estimate of drug-likeness (QED) is 0.463. The summed E-state index contributed by atoms with van der Waals surface area (Å²) in [6.07, 6.45) is 1.40. The van der Waals surface area contributed by atoms with Gasteiger partial charge in [0.25, 0.3) is 5.69 Å². The van der Waals surface area contributed by atoms with E-state index in [9.17, 15) is 35.1 Å². The van der Waals surface area contributed by atoms with Crippen LogP contribution in [0.3, 0.4) is 0 Å². The van der Waals surface area contributed by atoms with E-state index in [2.05, 4.69) is 0 Å². The Kier molecular flexibility index (Phi) is 2.86. The number of ketones is 1. The summed E-state index contributed by atoms with van der Waals surface area (Å²) in [5.74, 6) is -0.571. The predicted octanol–water partition coefficient (Wildman–Crippen LogP) is 1.29. The van der Waals surface area contributed by atoms with Crippen molar-refractivity contribution in [2.75, 3.05) is 0 Å². The standard InChI is InChI=1S/C13H7N3O7/c17-11-3-4-13(15(20)21,16(22)23)12-9-6-8(14(18)19)2-1-7(9)5-10(11)12/h1-4,6H,5H2. The monoisotopic (exact) mass is 317 g/mol. The number of nitro benzene ring substituents is 1. The van der Waals surface area contributed by atoms with Crippen molar-refractivity contribution in [2.24, 2.45) is 0 Å². The molecule has 1 aromatic rings. The summed E-state index contributed by atoms with van der Waals surface area (Å²) >= 11 is 0. The lowest BCUT2D eigenvalue weighted by Gasteiger charge is -2.19. The predicted molar refractivity (Wildman–Crippen MR) is 74.6 cm³/mol. The van der Waals surface area contributed by atoms with Crippen LogP contribution in [-0.4, -0.2) is 26.2 Å². The topological polar surface area (TPSA) is 146 Å². The number of allylic oxidation sites excluding steroid dienone is 2. The highest BCUT2D eigenvalue weighted by atomic mass is 16.7. The average molecular weight is 317 g/mol. The van der Waals surface area contributed by atoms with Crippen LogP contribution in [0.25, 0.3) is 5.57 Å². The lowest BCUT2D eigenvalue weighted by Crippen LogP contribution is -2.47. The van der Waals surface area contributed by atoms with Gasteiger partial charge in [-0.25, -0.2) is 0 Å². The molecule has 10 nitrogen and oxygen atoms in total. The van der Waals surface area contributed by atoms with Gasteiger partial charge in [-0.1, -0.05) is 6.07 Å². The fourth-order valence-corrected chi connectivity index (χ4v) is 2.88. The first-order chi connectivity index (χ1) is 10.8. The normalized spacial score (nSPS) is 17.7. The Morgan fingerprint density at radius 1 is 1.04 bits per heavy atom. The van der Waals surface area contributed by atoms with Crippen LogP contribution in [0.4, 0.5) is 5.69 Å². The summed E-state index contributed by atoms with van der Waals surface area (Å²) in [6, 6.07) is 3.57. The van der Waals surface area contributed by atoms with E-state index in [1.54, 1.807) is 0 Å². The molecule has 116 valence electrons. The molecule has 10 heteroatoms. The van der Waals surface area contributed by atoms with E-state index in [1.165, 1.54) is 12.1 Å². The molecule has 2 aliphatic carbocycles. The summed E-state index contributed by atoms with van der Waals surface area (Å²) in [5, 5.41) is 33.8. The molecule has 0 aromatic heterocycles. The van der Waals surface area contributed by atoms with Crippen LogP contribution in [0.5, 0.6) is 0 Å². The number of rotatable bonds is 3. The lowest BCUT2D eigenvalue weighted by atomic mass is 9.87. The average Bonchev–Trinajstić information content (AvgIpc) is 2.87. The van der Waals surface area contributed by atoms with Crippen molar-refractivity contribution in [3.8, 4) is 0 Å². The number of benzene rings is 1. The summed E-state index contributed by atoms with van der Waals surface area (Å²) in [7, 11) is 0. The third-order valence-electron chi connectivity index (χ3n) is 3.93. The van der Waals surface area contributed by atoms with E-state index in [-0.39, 0.29) is 23.2 Å². The summed E-state index contributed by atoms with van der Waals surface area (Å²) in [5.41, 5.74) is -3.23. The third-order valence-corrected chi connectivity index (χ3v) is 3.93. The fourth-order valence-electron chi connectivity index (χ4n) is 2.88. The van der Waals surface area contributed by atoms with Crippen molar-refractivity contribution in [3.63, 3.8) is 0 Å². The van der Waals surface area contributed by atoms with Crippen LogP contribution in [0.2, 0.25) is 0 Å². The van der Waals surface area contributed by atoms with Gasteiger partial charge in [-0.3, -0.25) is 35.1 Å². The first kappa shape index (κ1) is 14.5. The molecule has 23 heavy (non-hydrogen) atoms. The highest BCUT2D eigenvalue weighted by molar-refractivity contribution is 6.14. The molecule has 0 N–H and O–H groups in total. The molecule has 3 rings (SSSR count). The van der Waals surface area contributed by atoms with Crippen molar-refractivity contribution in [2.45, 2.75) is 12.1 Å². The van der Waals surface area contributed by atoms with Crippen molar-refractivity contribution in [3.05, 3.63) is 77.4 Å². The number of non-ortho nitro benzene ring substituents is 1. The van der Waals surface area contributed by atoms with Gasteiger partial charge in [0.2, 0.25) is 0 Å². The molecule has 0 heterocycles. The number of carbonyl (C=O) groups excluding carboxylic acids is 1. The van der Waals surface area contributed by atoms with E-state index >= 15 is 0 Å². The Bertz CT molecular complexity index is 854. The minimum atomic E-state index is -2.82. The van der Waals surface area contributed by atoms with Crippen molar-refractivity contribution < 1.29 is 19.6 Å². The first-order valence-corrected chi connectivity index (χ1v) is 6.33. The molecule has 0 unspecified atom stereocenters. The van der Waals surface area contributed by atoms with Gasteiger partial charge in [-0.2, -0.15) is 0 Å². The van der Waals surface area contributed by atoms with E-state index in [0.717, 1.165) is 12.1 Å². The molecule has 0 fully saturated rings. The molecule has 1 aromatic carbocycles. The Morgan fingerprint density at radius 3 is 2.26 bits per heavy atom. The maximum Gasteiger partial charge on any atom is 0.505 e. The number of hydrogen-bond donors (Lipinski definition) is 0. The molecule has 2 aliphatic rings. The highest BCUT2D eigenvalue weighted by Gasteiger charge is 2.63. The number of hydrogen-bond acceptors (Lipinski definition) is 7. The highest BCUT2D eigenvalue weighted by Crippen LogP contribution is 2.45. The van der Waals surface area contributed by atoms with Gasteiger partial charge in [0, 0.05) is 29.7 Å². The molecule has 0 amide bonds. The second-order valence-corrected chi connectivity index (χ2v) is 5.07. The Labute approximate surface area is 127 Å². The Balaban J connectivity index is 2.33. The van der Waals surface area contributed by atoms with Crippen molar-refractivity contribution in [1.29, 1.82) is 0 Å². The molecule has 0 saturated heterocycles. The largest absolute Gasteiger partial charge is 0.505 e. The van der Waals surface area contributed by atoms with Gasteiger partial charge >= 0.3 is 5.66 Å². The van der Waals surface area contributed by atoms with E-state index in [1.807, 2.05) is 0 Å². The molecule has 0 radical (unpaired) electrons. The van der Waals surface area contributed by atoms with Gasteiger partial charge in [0.15, 0.2) is 5.78 Å². The molecule has 0 spiro atoms. The molecule has 0 aliphatic heterocycles. The third kappa shape index (κ3) is 1.78. The Morgan fingerprint density at radius 2 is 1.70 bits per heavy atom. The second-order valence-electron chi connectivity index (χ2n) is 5.07. The van der Waals surface area contributed by atoms with Crippen LogP contribution in [0.15, 0.2) is 35.9 Å². The second kappa shape index (κ2) is 4.53.